The van der Waals surface area contributed by atoms with Crippen molar-refractivity contribution in [1.29, 1.82) is 0 Å². The molecule has 1 N–H and O–H groups in total. The summed E-state index contributed by atoms with van der Waals surface area (Å²) in [7, 11) is 0. The highest BCUT2D eigenvalue weighted by atomic mass is 16.4. The Morgan fingerprint density at radius 2 is 1.71 bits per heavy atom. The van der Waals surface area contributed by atoms with E-state index in [0.29, 0.717) is 12.1 Å². The van der Waals surface area contributed by atoms with E-state index in [1.807, 2.05) is 48.7 Å². The normalized spacial score (nSPS) is 10.8. The lowest BCUT2D eigenvalue weighted by Crippen LogP contribution is -2.37. The molecule has 0 atom stereocenters. The van der Waals surface area contributed by atoms with E-state index in [1.165, 1.54) is 0 Å². The van der Waals surface area contributed by atoms with Crippen LogP contribution in [-0.4, -0.2) is 11.1 Å². The van der Waals surface area contributed by atoms with Crippen LogP contribution >= 0.6 is 0 Å². The van der Waals surface area contributed by atoms with Crippen LogP contribution in [-0.2, 0) is 6.54 Å². The molecular weight excluding hydrogens is 298 g/mol. The first-order valence-electron chi connectivity index (χ1n) is 7.76. The highest BCUT2D eigenvalue weighted by molar-refractivity contribution is 5.87. The SMILES string of the molecule is O=C(O)c1cccc(C[n+]2ccccc2/C=C/c2ccccc2)c1. The molecule has 0 radical (unpaired) electrons. The Hall–Kier alpha value is -3.20. The van der Waals surface area contributed by atoms with E-state index in [4.69, 9.17) is 5.11 Å². The zero-order valence-corrected chi connectivity index (χ0v) is 13.2. The fourth-order valence-corrected chi connectivity index (χ4v) is 2.53. The number of pyridine rings is 1. The Labute approximate surface area is 141 Å². The zero-order chi connectivity index (χ0) is 16.8. The summed E-state index contributed by atoms with van der Waals surface area (Å²) in [6.45, 7) is 0.621. The average Bonchev–Trinajstić information content (AvgIpc) is 2.62. The Balaban J connectivity index is 1.86. The standard InChI is InChI=1S/C21H17NO2/c23-21(24)19-10-6-9-18(15-19)16-22-14-5-4-11-20(22)13-12-17-7-2-1-3-8-17/h1-15H,16H2/p+1/b13-12+. The molecule has 0 aliphatic carbocycles. The predicted octanol–water partition coefficient (Wildman–Crippen LogP) is 3.89. The van der Waals surface area contributed by atoms with E-state index in [1.54, 1.807) is 18.2 Å². The first-order chi connectivity index (χ1) is 11.7. The highest BCUT2D eigenvalue weighted by Gasteiger charge is 2.10. The van der Waals surface area contributed by atoms with Crippen molar-refractivity contribution in [3.63, 3.8) is 0 Å². The van der Waals surface area contributed by atoms with Crippen molar-refractivity contribution < 1.29 is 14.5 Å². The van der Waals surface area contributed by atoms with Gasteiger partial charge in [-0.1, -0.05) is 42.5 Å². The quantitative estimate of drug-likeness (QED) is 0.726. The molecule has 0 unspecified atom stereocenters. The summed E-state index contributed by atoms with van der Waals surface area (Å²) in [6, 6.07) is 23.2. The van der Waals surface area contributed by atoms with Gasteiger partial charge in [-0.05, 0) is 29.8 Å². The molecule has 0 saturated carbocycles. The van der Waals surface area contributed by atoms with Gasteiger partial charge in [0.15, 0.2) is 12.7 Å². The van der Waals surface area contributed by atoms with Crippen LogP contribution in [0.15, 0.2) is 79.0 Å². The number of aromatic carboxylic acids is 1. The van der Waals surface area contributed by atoms with E-state index in [2.05, 4.69) is 28.9 Å². The maximum atomic E-state index is 11.1. The summed E-state index contributed by atoms with van der Waals surface area (Å²) in [4.78, 5) is 11.1. The van der Waals surface area contributed by atoms with Gasteiger partial charge in [-0.3, -0.25) is 0 Å². The Kier molecular flexibility index (Phi) is 4.82. The lowest BCUT2D eigenvalue weighted by molar-refractivity contribution is -0.690. The van der Waals surface area contributed by atoms with E-state index in [0.717, 1.165) is 16.8 Å². The minimum Gasteiger partial charge on any atom is -0.478 e. The first kappa shape index (κ1) is 15.7. The molecule has 3 aromatic rings. The molecule has 0 fully saturated rings. The lowest BCUT2D eigenvalue weighted by atomic mass is 10.1. The lowest BCUT2D eigenvalue weighted by Gasteiger charge is -2.02. The molecule has 3 nitrogen and oxygen atoms in total. The van der Waals surface area contributed by atoms with Gasteiger partial charge in [-0.2, -0.15) is 4.57 Å². The maximum Gasteiger partial charge on any atom is 0.335 e. The molecule has 0 spiro atoms. The second-order valence-electron chi connectivity index (χ2n) is 5.50. The van der Waals surface area contributed by atoms with Gasteiger partial charge in [0.1, 0.15) is 0 Å². The Morgan fingerprint density at radius 3 is 2.50 bits per heavy atom. The van der Waals surface area contributed by atoms with Crippen molar-refractivity contribution in [2.24, 2.45) is 0 Å². The van der Waals surface area contributed by atoms with Gasteiger partial charge in [0.05, 0.1) is 5.56 Å². The largest absolute Gasteiger partial charge is 0.478 e. The first-order valence-corrected chi connectivity index (χ1v) is 7.76. The third-order valence-electron chi connectivity index (χ3n) is 3.75. The maximum absolute atomic E-state index is 11.1. The molecule has 0 saturated heterocycles. The molecule has 1 heterocycles. The molecule has 1 aromatic heterocycles. The van der Waals surface area contributed by atoms with E-state index in [9.17, 15) is 4.79 Å². The number of carboxylic acids is 1. The van der Waals surface area contributed by atoms with E-state index in [-0.39, 0.29) is 0 Å². The predicted molar refractivity (Wildman–Crippen MR) is 94.5 cm³/mol. The topological polar surface area (TPSA) is 41.2 Å². The number of benzene rings is 2. The Bertz CT molecular complexity index is 870. The third kappa shape index (κ3) is 3.96. The van der Waals surface area contributed by atoms with Gasteiger partial charge in [0.25, 0.3) is 0 Å². The average molecular weight is 316 g/mol. The molecule has 0 aliphatic heterocycles. The van der Waals surface area contributed by atoms with E-state index < -0.39 is 5.97 Å². The highest BCUT2D eigenvalue weighted by Crippen LogP contribution is 2.08. The molecule has 24 heavy (non-hydrogen) atoms. The fourth-order valence-electron chi connectivity index (χ4n) is 2.53. The minimum atomic E-state index is -0.904. The van der Waals surface area contributed by atoms with E-state index >= 15 is 0 Å². The molecule has 2 aromatic carbocycles. The number of hydrogen-bond acceptors (Lipinski definition) is 1. The molecule has 0 aliphatic rings. The number of rotatable bonds is 5. The minimum absolute atomic E-state index is 0.311. The van der Waals surface area contributed by atoms with Crippen LogP contribution in [0.1, 0.15) is 27.2 Å². The van der Waals surface area contributed by atoms with Gasteiger partial charge in [0.2, 0.25) is 5.69 Å². The van der Waals surface area contributed by atoms with Crippen molar-refractivity contribution in [1.82, 2.24) is 0 Å². The smallest absolute Gasteiger partial charge is 0.335 e. The number of nitrogens with zero attached hydrogens (tertiary/aromatic N) is 1. The summed E-state index contributed by atoms with van der Waals surface area (Å²) in [5.41, 5.74) is 3.47. The molecule has 3 rings (SSSR count). The van der Waals surface area contributed by atoms with Crippen LogP contribution in [0.5, 0.6) is 0 Å². The summed E-state index contributed by atoms with van der Waals surface area (Å²) in [6.07, 6.45) is 6.13. The van der Waals surface area contributed by atoms with Crippen molar-refractivity contribution >= 4 is 18.1 Å². The molecular formula is C21H18NO2+. The summed E-state index contributed by atoms with van der Waals surface area (Å²) < 4.78 is 2.10. The Morgan fingerprint density at radius 1 is 0.917 bits per heavy atom. The monoisotopic (exact) mass is 316 g/mol. The van der Waals surface area contributed by atoms with Crippen molar-refractivity contribution in [2.75, 3.05) is 0 Å². The molecule has 118 valence electrons. The molecule has 0 bridgehead atoms. The summed E-state index contributed by atoms with van der Waals surface area (Å²) >= 11 is 0. The van der Waals surface area contributed by atoms with Crippen LogP contribution in [0.3, 0.4) is 0 Å². The van der Waals surface area contributed by atoms with Crippen LogP contribution < -0.4 is 4.57 Å². The van der Waals surface area contributed by atoms with Gasteiger partial charge in [-0.25, -0.2) is 4.79 Å². The van der Waals surface area contributed by atoms with Gasteiger partial charge < -0.3 is 5.11 Å². The van der Waals surface area contributed by atoms with Gasteiger partial charge in [0, 0.05) is 23.8 Å². The van der Waals surface area contributed by atoms with Crippen LogP contribution in [0, 0.1) is 0 Å². The number of aromatic nitrogens is 1. The number of carboxylic acid groups (broad SMARTS) is 1. The van der Waals surface area contributed by atoms with Crippen molar-refractivity contribution in [3.05, 3.63) is 101 Å². The van der Waals surface area contributed by atoms with Crippen LogP contribution in [0.25, 0.3) is 12.2 Å². The number of hydrogen-bond donors (Lipinski definition) is 1. The second-order valence-corrected chi connectivity index (χ2v) is 5.50. The van der Waals surface area contributed by atoms with Crippen LogP contribution in [0.2, 0.25) is 0 Å². The summed E-state index contributed by atoms with van der Waals surface area (Å²) in [5, 5.41) is 9.12. The van der Waals surface area contributed by atoms with Crippen molar-refractivity contribution in [3.8, 4) is 0 Å². The van der Waals surface area contributed by atoms with Crippen molar-refractivity contribution in [2.45, 2.75) is 6.54 Å². The second kappa shape index (κ2) is 7.38. The van der Waals surface area contributed by atoms with Crippen LogP contribution in [0.4, 0.5) is 0 Å². The molecule has 3 heteroatoms. The third-order valence-corrected chi connectivity index (χ3v) is 3.75. The van der Waals surface area contributed by atoms with Gasteiger partial charge >= 0.3 is 5.97 Å². The molecule has 0 amide bonds. The van der Waals surface area contributed by atoms with Gasteiger partial charge in [-0.15, -0.1) is 0 Å². The summed E-state index contributed by atoms with van der Waals surface area (Å²) in [5.74, 6) is -0.904. The fraction of sp³-hybridized carbons (Fsp3) is 0.0476. The zero-order valence-electron chi connectivity index (χ0n) is 13.2. The number of carbonyl (C=O) groups is 1.